The van der Waals surface area contributed by atoms with Gasteiger partial charge in [0.2, 0.25) is 0 Å². The van der Waals surface area contributed by atoms with Crippen molar-refractivity contribution in [3.05, 3.63) is 40.6 Å². The molecule has 1 aromatic carbocycles. The third-order valence-corrected chi connectivity index (χ3v) is 3.89. The largest absolute Gasteiger partial charge is 0.382 e. The Labute approximate surface area is 122 Å². The molecule has 0 radical (unpaired) electrons. The minimum atomic E-state index is -0.366. The molecule has 1 aromatic heterocycles. The second-order valence-corrected chi connectivity index (χ2v) is 5.43. The molecule has 1 aliphatic carbocycles. The van der Waals surface area contributed by atoms with Gasteiger partial charge in [-0.2, -0.15) is 0 Å². The van der Waals surface area contributed by atoms with Crippen LogP contribution in [0.3, 0.4) is 0 Å². The van der Waals surface area contributed by atoms with Gasteiger partial charge in [0, 0.05) is 31.4 Å². The molecule has 2 aromatic rings. The smallest absolute Gasteiger partial charge is 0.278 e. The monoisotopic (exact) mass is 286 g/mol. The summed E-state index contributed by atoms with van der Waals surface area (Å²) >= 11 is 0. The minimum absolute atomic E-state index is 0.0961. The second kappa shape index (κ2) is 5.65. The fourth-order valence-corrected chi connectivity index (χ4v) is 2.52. The summed E-state index contributed by atoms with van der Waals surface area (Å²) in [6.45, 7) is 1.76. The number of aromatic nitrogens is 1. The van der Waals surface area contributed by atoms with Gasteiger partial charge in [0.1, 0.15) is 5.52 Å². The van der Waals surface area contributed by atoms with Gasteiger partial charge in [-0.15, -0.1) is 0 Å². The van der Waals surface area contributed by atoms with E-state index >= 15 is 0 Å². The van der Waals surface area contributed by atoms with E-state index in [4.69, 9.17) is 0 Å². The van der Waals surface area contributed by atoms with Crippen LogP contribution < -0.4 is 5.32 Å². The Hall–Kier alpha value is -2.21. The van der Waals surface area contributed by atoms with Crippen LogP contribution in [-0.2, 0) is 0 Å². The van der Waals surface area contributed by atoms with Gasteiger partial charge >= 0.3 is 0 Å². The number of nitro groups is 1. The number of nitro benzene ring substituents is 1. The number of benzene rings is 1. The van der Waals surface area contributed by atoms with Crippen LogP contribution in [0.25, 0.3) is 10.9 Å². The molecule has 3 rings (SSSR count). The van der Waals surface area contributed by atoms with Crippen molar-refractivity contribution >= 4 is 22.3 Å². The topological polar surface area (TPSA) is 71.3 Å². The zero-order valence-corrected chi connectivity index (χ0v) is 12.0. The van der Waals surface area contributed by atoms with Crippen molar-refractivity contribution in [1.82, 2.24) is 9.88 Å². The van der Waals surface area contributed by atoms with Gasteiger partial charge < -0.3 is 10.2 Å². The Morgan fingerprint density at radius 1 is 1.43 bits per heavy atom. The van der Waals surface area contributed by atoms with Gasteiger partial charge in [-0.1, -0.05) is 0 Å². The molecule has 1 aliphatic rings. The summed E-state index contributed by atoms with van der Waals surface area (Å²) in [6, 6.07) is 7.47. The molecule has 0 spiro atoms. The first-order valence-electron chi connectivity index (χ1n) is 7.13. The Bertz CT molecular complexity index is 670. The molecule has 21 heavy (non-hydrogen) atoms. The average molecular weight is 286 g/mol. The van der Waals surface area contributed by atoms with Crippen molar-refractivity contribution in [2.24, 2.45) is 0 Å². The van der Waals surface area contributed by atoms with Crippen LogP contribution in [0.15, 0.2) is 30.5 Å². The first-order chi connectivity index (χ1) is 10.2. The number of pyridine rings is 1. The van der Waals surface area contributed by atoms with Gasteiger partial charge in [-0.05, 0) is 38.1 Å². The summed E-state index contributed by atoms with van der Waals surface area (Å²) in [5, 5.41) is 15.0. The standard InChI is InChI=1S/C15H18N4O2/c1-18(11-4-5-11)10-9-16-13-6-7-14(19(20)21)12-3-2-8-17-15(12)13/h2-3,6-8,11,16H,4-5,9-10H2,1H3. The number of hydrogen-bond donors (Lipinski definition) is 1. The van der Waals surface area contributed by atoms with E-state index in [0.717, 1.165) is 24.8 Å². The fourth-order valence-electron chi connectivity index (χ4n) is 2.52. The molecule has 110 valence electrons. The Kier molecular flexibility index (Phi) is 3.70. The molecule has 0 bridgehead atoms. The van der Waals surface area contributed by atoms with E-state index in [1.807, 2.05) is 0 Å². The first kappa shape index (κ1) is 13.8. The van der Waals surface area contributed by atoms with E-state index in [1.54, 1.807) is 24.4 Å². The van der Waals surface area contributed by atoms with Crippen molar-refractivity contribution in [2.45, 2.75) is 18.9 Å². The van der Waals surface area contributed by atoms with Crippen molar-refractivity contribution in [1.29, 1.82) is 0 Å². The van der Waals surface area contributed by atoms with Crippen LogP contribution in [0.1, 0.15) is 12.8 Å². The molecule has 0 atom stereocenters. The first-order valence-corrected chi connectivity index (χ1v) is 7.13. The highest BCUT2D eigenvalue weighted by atomic mass is 16.6. The maximum absolute atomic E-state index is 11.1. The zero-order chi connectivity index (χ0) is 14.8. The molecule has 6 nitrogen and oxygen atoms in total. The summed E-state index contributed by atoms with van der Waals surface area (Å²) in [5.41, 5.74) is 1.60. The minimum Gasteiger partial charge on any atom is -0.382 e. The van der Waals surface area contributed by atoms with Crippen LogP contribution in [0.5, 0.6) is 0 Å². The van der Waals surface area contributed by atoms with Gasteiger partial charge in [0.15, 0.2) is 0 Å². The fraction of sp³-hybridized carbons (Fsp3) is 0.400. The number of anilines is 1. The predicted molar refractivity (Wildman–Crippen MR) is 82.5 cm³/mol. The molecule has 0 saturated heterocycles. The van der Waals surface area contributed by atoms with Gasteiger partial charge in [-0.25, -0.2) is 0 Å². The molecule has 1 saturated carbocycles. The van der Waals surface area contributed by atoms with Crippen molar-refractivity contribution in [3.63, 3.8) is 0 Å². The lowest BCUT2D eigenvalue weighted by Crippen LogP contribution is -2.27. The van der Waals surface area contributed by atoms with E-state index in [9.17, 15) is 10.1 Å². The molecule has 1 fully saturated rings. The van der Waals surface area contributed by atoms with Crippen LogP contribution in [0, 0.1) is 10.1 Å². The number of nitrogens with one attached hydrogen (secondary N) is 1. The van der Waals surface area contributed by atoms with E-state index in [2.05, 4.69) is 22.2 Å². The lowest BCUT2D eigenvalue weighted by molar-refractivity contribution is -0.383. The molecule has 6 heteroatoms. The third kappa shape index (κ3) is 2.95. The molecule has 1 heterocycles. The highest BCUT2D eigenvalue weighted by Crippen LogP contribution is 2.29. The number of hydrogen-bond acceptors (Lipinski definition) is 5. The highest BCUT2D eigenvalue weighted by Gasteiger charge is 2.25. The Morgan fingerprint density at radius 3 is 2.95 bits per heavy atom. The van der Waals surface area contributed by atoms with Gasteiger partial charge in [0.25, 0.3) is 5.69 Å². The number of fused-ring (bicyclic) bond motifs is 1. The molecular weight excluding hydrogens is 268 g/mol. The number of likely N-dealkylation sites (N-methyl/N-ethyl adjacent to an activating group) is 1. The quantitative estimate of drug-likeness (QED) is 0.653. The SMILES string of the molecule is CN(CCNc1ccc([N+](=O)[O-])c2cccnc12)C1CC1. The summed E-state index contributed by atoms with van der Waals surface area (Å²) in [7, 11) is 2.13. The summed E-state index contributed by atoms with van der Waals surface area (Å²) in [5.74, 6) is 0. The van der Waals surface area contributed by atoms with Crippen molar-refractivity contribution in [2.75, 3.05) is 25.5 Å². The maximum atomic E-state index is 11.1. The summed E-state index contributed by atoms with van der Waals surface area (Å²) < 4.78 is 0. The second-order valence-electron chi connectivity index (χ2n) is 5.43. The van der Waals surface area contributed by atoms with E-state index in [-0.39, 0.29) is 10.6 Å². The normalized spacial score (nSPS) is 14.6. The van der Waals surface area contributed by atoms with Crippen LogP contribution in [0.2, 0.25) is 0 Å². The van der Waals surface area contributed by atoms with Crippen molar-refractivity contribution in [3.8, 4) is 0 Å². The predicted octanol–water partition coefficient (Wildman–Crippen LogP) is 2.65. The van der Waals surface area contributed by atoms with E-state index in [0.29, 0.717) is 10.9 Å². The summed E-state index contributed by atoms with van der Waals surface area (Å²) in [6.07, 6.45) is 4.24. The lowest BCUT2D eigenvalue weighted by atomic mass is 10.1. The third-order valence-electron chi connectivity index (χ3n) is 3.89. The molecular formula is C15H18N4O2. The molecule has 0 aliphatic heterocycles. The Morgan fingerprint density at radius 2 is 2.24 bits per heavy atom. The molecule has 0 amide bonds. The van der Waals surface area contributed by atoms with Crippen LogP contribution >= 0.6 is 0 Å². The van der Waals surface area contributed by atoms with E-state index < -0.39 is 0 Å². The lowest BCUT2D eigenvalue weighted by Gasteiger charge is -2.16. The van der Waals surface area contributed by atoms with Gasteiger partial charge in [0.05, 0.1) is 16.0 Å². The number of non-ortho nitro benzene ring substituents is 1. The molecule has 0 unspecified atom stereocenters. The highest BCUT2D eigenvalue weighted by molar-refractivity contribution is 5.96. The maximum Gasteiger partial charge on any atom is 0.278 e. The zero-order valence-electron chi connectivity index (χ0n) is 12.0. The van der Waals surface area contributed by atoms with Gasteiger partial charge in [-0.3, -0.25) is 15.1 Å². The summed E-state index contributed by atoms with van der Waals surface area (Å²) in [4.78, 5) is 17.3. The average Bonchev–Trinajstić information content (AvgIpc) is 3.31. The van der Waals surface area contributed by atoms with Crippen LogP contribution in [0.4, 0.5) is 11.4 Å². The number of nitrogens with zero attached hydrogens (tertiary/aromatic N) is 3. The van der Waals surface area contributed by atoms with Crippen LogP contribution in [-0.4, -0.2) is 41.0 Å². The Balaban J connectivity index is 1.78. The molecule has 1 N–H and O–H groups in total. The van der Waals surface area contributed by atoms with E-state index in [1.165, 1.54) is 18.9 Å². The van der Waals surface area contributed by atoms with Crippen molar-refractivity contribution < 1.29 is 4.92 Å². The number of rotatable bonds is 6.